The van der Waals surface area contributed by atoms with Crippen molar-refractivity contribution < 1.29 is 0 Å². The Bertz CT molecular complexity index is 424. The van der Waals surface area contributed by atoms with Crippen LogP contribution in [0.1, 0.15) is 44.9 Å². The lowest BCUT2D eigenvalue weighted by atomic mass is 9.69. The van der Waals surface area contributed by atoms with Crippen LogP contribution in [0.2, 0.25) is 0 Å². The minimum Gasteiger partial charge on any atom is -0.382 e. The summed E-state index contributed by atoms with van der Waals surface area (Å²) in [4.78, 5) is 2.15. The van der Waals surface area contributed by atoms with E-state index in [1.807, 2.05) is 0 Å². The summed E-state index contributed by atoms with van der Waals surface area (Å²) in [6, 6.07) is 9.55. The molecule has 1 N–H and O–H groups in total. The SMILES string of the molecule is CN(C)c1ccc(NC2CCC3CCCCC3C2)cc1. The molecule has 20 heavy (non-hydrogen) atoms. The number of benzene rings is 1. The van der Waals surface area contributed by atoms with Gasteiger partial charge in [-0.1, -0.05) is 25.7 Å². The van der Waals surface area contributed by atoms with Gasteiger partial charge in [-0.2, -0.15) is 0 Å². The van der Waals surface area contributed by atoms with Crippen molar-refractivity contribution in [2.45, 2.75) is 51.0 Å². The van der Waals surface area contributed by atoms with E-state index in [0.717, 1.165) is 11.8 Å². The van der Waals surface area contributed by atoms with Crippen molar-refractivity contribution in [2.75, 3.05) is 24.3 Å². The van der Waals surface area contributed by atoms with Gasteiger partial charge in [-0.3, -0.25) is 0 Å². The molecule has 2 fully saturated rings. The number of anilines is 2. The van der Waals surface area contributed by atoms with Crippen LogP contribution in [0.15, 0.2) is 24.3 Å². The second kappa shape index (κ2) is 6.07. The Hall–Kier alpha value is -1.18. The Morgan fingerprint density at radius 3 is 2.30 bits per heavy atom. The lowest BCUT2D eigenvalue weighted by Crippen LogP contribution is -2.34. The maximum absolute atomic E-state index is 3.76. The number of hydrogen-bond donors (Lipinski definition) is 1. The van der Waals surface area contributed by atoms with E-state index in [-0.39, 0.29) is 0 Å². The highest BCUT2D eigenvalue weighted by Gasteiger charge is 2.31. The van der Waals surface area contributed by atoms with Crippen molar-refractivity contribution in [2.24, 2.45) is 11.8 Å². The fourth-order valence-corrected chi connectivity index (χ4v) is 4.10. The van der Waals surface area contributed by atoms with Gasteiger partial charge in [0.25, 0.3) is 0 Å². The van der Waals surface area contributed by atoms with Crippen molar-refractivity contribution >= 4 is 11.4 Å². The summed E-state index contributed by atoms with van der Waals surface area (Å²) in [5.41, 5.74) is 2.56. The minimum absolute atomic E-state index is 0.694. The van der Waals surface area contributed by atoms with Gasteiger partial charge in [-0.25, -0.2) is 0 Å². The van der Waals surface area contributed by atoms with Crippen LogP contribution in [0.25, 0.3) is 0 Å². The fraction of sp³-hybridized carbons (Fsp3) is 0.667. The smallest absolute Gasteiger partial charge is 0.0362 e. The second-order valence-electron chi connectivity index (χ2n) is 6.90. The molecule has 0 amide bonds. The highest BCUT2D eigenvalue weighted by molar-refractivity contribution is 5.54. The van der Waals surface area contributed by atoms with Crippen LogP contribution < -0.4 is 10.2 Å². The molecule has 0 aromatic heterocycles. The molecule has 2 aliphatic carbocycles. The van der Waals surface area contributed by atoms with Gasteiger partial charge < -0.3 is 10.2 Å². The summed E-state index contributed by atoms with van der Waals surface area (Å²) in [5, 5.41) is 3.76. The topological polar surface area (TPSA) is 15.3 Å². The van der Waals surface area contributed by atoms with Gasteiger partial charge in [0.05, 0.1) is 0 Å². The van der Waals surface area contributed by atoms with Crippen LogP contribution in [-0.4, -0.2) is 20.1 Å². The molecular formula is C18H28N2. The second-order valence-corrected chi connectivity index (χ2v) is 6.90. The predicted octanol–water partition coefficient (Wildman–Crippen LogP) is 4.52. The number of nitrogens with one attached hydrogen (secondary N) is 1. The molecule has 0 spiro atoms. The van der Waals surface area contributed by atoms with E-state index < -0.39 is 0 Å². The van der Waals surface area contributed by atoms with E-state index >= 15 is 0 Å². The number of fused-ring (bicyclic) bond motifs is 1. The zero-order valence-electron chi connectivity index (χ0n) is 12.9. The first-order chi connectivity index (χ1) is 9.72. The first-order valence-corrected chi connectivity index (χ1v) is 8.26. The summed E-state index contributed by atoms with van der Waals surface area (Å²) in [7, 11) is 4.18. The van der Waals surface area contributed by atoms with Crippen molar-refractivity contribution in [1.29, 1.82) is 0 Å². The van der Waals surface area contributed by atoms with Gasteiger partial charge >= 0.3 is 0 Å². The molecule has 2 heteroatoms. The zero-order chi connectivity index (χ0) is 13.9. The van der Waals surface area contributed by atoms with Crippen LogP contribution in [0.4, 0.5) is 11.4 Å². The maximum Gasteiger partial charge on any atom is 0.0362 e. The molecule has 2 nitrogen and oxygen atoms in total. The van der Waals surface area contributed by atoms with Gasteiger partial charge in [0.15, 0.2) is 0 Å². The Balaban J connectivity index is 1.57. The standard InChI is InChI=1S/C18H28N2/c1-20(2)18-11-9-16(10-12-18)19-17-8-7-14-5-3-4-6-15(14)13-17/h9-12,14-15,17,19H,3-8,13H2,1-2H3. The predicted molar refractivity (Wildman–Crippen MR) is 87.5 cm³/mol. The third-order valence-corrected chi connectivity index (χ3v) is 5.29. The molecule has 0 bridgehead atoms. The maximum atomic E-state index is 3.76. The van der Waals surface area contributed by atoms with Gasteiger partial charge in [0, 0.05) is 31.5 Å². The van der Waals surface area contributed by atoms with E-state index in [9.17, 15) is 0 Å². The first kappa shape index (κ1) is 13.8. The highest BCUT2D eigenvalue weighted by Crippen LogP contribution is 2.41. The molecule has 0 aliphatic heterocycles. The Morgan fingerprint density at radius 1 is 0.900 bits per heavy atom. The summed E-state index contributed by atoms with van der Waals surface area (Å²) in [5.74, 6) is 2.04. The number of hydrogen-bond acceptors (Lipinski definition) is 2. The average molecular weight is 272 g/mol. The molecule has 1 aromatic carbocycles. The van der Waals surface area contributed by atoms with Crippen LogP contribution in [0, 0.1) is 11.8 Å². The third-order valence-electron chi connectivity index (χ3n) is 5.29. The Kier molecular flexibility index (Phi) is 4.18. The van der Waals surface area contributed by atoms with Gasteiger partial charge in [0.1, 0.15) is 0 Å². The lowest BCUT2D eigenvalue weighted by Gasteiger charge is -2.39. The van der Waals surface area contributed by atoms with Crippen LogP contribution in [-0.2, 0) is 0 Å². The van der Waals surface area contributed by atoms with Crippen molar-refractivity contribution in [3.8, 4) is 0 Å². The number of nitrogens with zero attached hydrogens (tertiary/aromatic N) is 1. The minimum atomic E-state index is 0.694. The quantitative estimate of drug-likeness (QED) is 0.870. The van der Waals surface area contributed by atoms with Gasteiger partial charge in [-0.05, 0) is 55.4 Å². The molecule has 110 valence electrons. The number of rotatable bonds is 3. The summed E-state index contributed by atoms with van der Waals surface area (Å²) in [6.07, 6.45) is 10.1. The Morgan fingerprint density at radius 2 is 1.60 bits per heavy atom. The fourth-order valence-electron chi connectivity index (χ4n) is 4.10. The van der Waals surface area contributed by atoms with E-state index in [1.165, 1.54) is 56.3 Å². The molecule has 3 unspecified atom stereocenters. The highest BCUT2D eigenvalue weighted by atomic mass is 15.1. The lowest BCUT2D eigenvalue weighted by molar-refractivity contribution is 0.162. The molecule has 2 saturated carbocycles. The van der Waals surface area contributed by atoms with Crippen LogP contribution in [0.3, 0.4) is 0 Å². The molecule has 0 heterocycles. The largest absolute Gasteiger partial charge is 0.382 e. The summed E-state index contributed by atoms with van der Waals surface area (Å²) >= 11 is 0. The molecule has 0 saturated heterocycles. The molecule has 3 atom stereocenters. The van der Waals surface area contributed by atoms with Gasteiger partial charge in [-0.15, -0.1) is 0 Å². The molecule has 0 radical (unpaired) electrons. The normalized spacial score (nSPS) is 29.6. The molecular weight excluding hydrogens is 244 g/mol. The first-order valence-electron chi connectivity index (χ1n) is 8.26. The van der Waals surface area contributed by atoms with E-state index in [1.54, 1.807) is 0 Å². The van der Waals surface area contributed by atoms with Crippen LogP contribution >= 0.6 is 0 Å². The van der Waals surface area contributed by atoms with Crippen molar-refractivity contribution in [3.05, 3.63) is 24.3 Å². The summed E-state index contributed by atoms with van der Waals surface area (Å²) < 4.78 is 0. The van der Waals surface area contributed by atoms with Crippen LogP contribution in [0.5, 0.6) is 0 Å². The average Bonchev–Trinajstić information content (AvgIpc) is 2.48. The molecule has 1 aromatic rings. The molecule has 2 aliphatic rings. The monoisotopic (exact) mass is 272 g/mol. The van der Waals surface area contributed by atoms with Crippen molar-refractivity contribution in [1.82, 2.24) is 0 Å². The zero-order valence-corrected chi connectivity index (χ0v) is 12.9. The van der Waals surface area contributed by atoms with Crippen molar-refractivity contribution in [3.63, 3.8) is 0 Å². The Labute approximate surface area is 123 Å². The van der Waals surface area contributed by atoms with E-state index in [4.69, 9.17) is 0 Å². The van der Waals surface area contributed by atoms with E-state index in [0.29, 0.717) is 6.04 Å². The van der Waals surface area contributed by atoms with Gasteiger partial charge in [0.2, 0.25) is 0 Å². The summed E-state index contributed by atoms with van der Waals surface area (Å²) in [6.45, 7) is 0. The molecule has 3 rings (SSSR count). The third kappa shape index (κ3) is 3.11. The van der Waals surface area contributed by atoms with E-state index in [2.05, 4.69) is 48.6 Å².